The highest BCUT2D eigenvalue weighted by Gasteiger charge is 2.18. The minimum Gasteiger partial charge on any atom is -0.496 e. The van der Waals surface area contributed by atoms with Crippen LogP contribution < -0.4 is 15.4 Å². The monoisotopic (exact) mass is 410 g/mol. The molecule has 0 amide bonds. The number of hydrogen-bond acceptors (Lipinski definition) is 4. The van der Waals surface area contributed by atoms with E-state index in [2.05, 4.69) is 50.9 Å². The molecule has 2 aromatic rings. The Labute approximate surface area is 180 Å². The van der Waals surface area contributed by atoms with Crippen molar-refractivity contribution < 1.29 is 9.84 Å². The fourth-order valence-electron chi connectivity index (χ4n) is 3.83. The Morgan fingerprint density at radius 2 is 1.90 bits per heavy atom. The number of hydrogen-bond donors (Lipinski definition) is 3. The number of aliphatic imine (C=N–C) groups is 1. The maximum Gasteiger partial charge on any atom is 0.191 e. The molecule has 0 radical (unpaired) electrons. The molecule has 0 aromatic heterocycles. The van der Waals surface area contributed by atoms with Crippen LogP contribution in [0.3, 0.4) is 0 Å². The maximum absolute atomic E-state index is 10.5. The number of para-hydroxylation sites is 1. The highest BCUT2D eigenvalue weighted by Crippen LogP contribution is 2.19. The van der Waals surface area contributed by atoms with Crippen molar-refractivity contribution in [2.24, 2.45) is 4.99 Å². The molecule has 0 saturated carbocycles. The summed E-state index contributed by atoms with van der Waals surface area (Å²) in [5.41, 5.74) is 3.95. The lowest BCUT2D eigenvalue weighted by molar-refractivity contribution is 0.111. The molecule has 1 aliphatic rings. The van der Waals surface area contributed by atoms with Crippen molar-refractivity contribution in [1.82, 2.24) is 15.5 Å². The van der Waals surface area contributed by atoms with Crippen molar-refractivity contribution in [3.8, 4) is 5.75 Å². The zero-order valence-electron chi connectivity index (χ0n) is 18.1. The average molecular weight is 411 g/mol. The van der Waals surface area contributed by atoms with E-state index in [1.54, 1.807) is 7.11 Å². The van der Waals surface area contributed by atoms with Gasteiger partial charge in [0.2, 0.25) is 0 Å². The number of guanidine groups is 1. The quantitative estimate of drug-likeness (QED) is 0.437. The number of rotatable bonds is 9. The molecule has 6 heteroatoms. The van der Waals surface area contributed by atoms with Gasteiger partial charge >= 0.3 is 0 Å². The van der Waals surface area contributed by atoms with E-state index >= 15 is 0 Å². The first kappa shape index (κ1) is 22.1. The summed E-state index contributed by atoms with van der Waals surface area (Å²) >= 11 is 0. The summed E-state index contributed by atoms with van der Waals surface area (Å²) in [4.78, 5) is 6.89. The zero-order valence-corrected chi connectivity index (χ0v) is 18.1. The molecule has 3 N–H and O–H groups in total. The lowest BCUT2D eigenvalue weighted by Gasteiger charge is -2.30. The number of ether oxygens (including phenoxy) is 1. The van der Waals surface area contributed by atoms with Crippen molar-refractivity contribution in [3.63, 3.8) is 0 Å². The number of β-amino-alcohol motifs (C(OH)–C–C–N with tert-alkyl or cyclic N) is 1. The number of methoxy groups -OCH3 is 1. The fraction of sp³-hybridized carbons (Fsp3) is 0.458. The van der Waals surface area contributed by atoms with E-state index in [1.165, 1.54) is 11.1 Å². The third-order valence-corrected chi connectivity index (χ3v) is 5.36. The molecule has 0 fully saturated rings. The molecule has 0 spiro atoms. The summed E-state index contributed by atoms with van der Waals surface area (Å²) in [7, 11) is 1.69. The molecule has 30 heavy (non-hydrogen) atoms. The van der Waals surface area contributed by atoms with E-state index in [1.807, 2.05) is 25.1 Å². The normalized spacial score (nSPS) is 15.4. The summed E-state index contributed by atoms with van der Waals surface area (Å²) in [6, 6.07) is 16.6. The van der Waals surface area contributed by atoms with E-state index in [9.17, 15) is 5.11 Å². The number of aliphatic hydroxyl groups is 1. The van der Waals surface area contributed by atoms with Gasteiger partial charge in [0.15, 0.2) is 5.96 Å². The van der Waals surface area contributed by atoms with Gasteiger partial charge in [0.25, 0.3) is 0 Å². The van der Waals surface area contributed by atoms with Crippen LogP contribution in [0.5, 0.6) is 5.75 Å². The van der Waals surface area contributed by atoms with Gasteiger partial charge < -0.3 is 20.5 Å². The minimum atomic E-state index is -0.486. The second-order valence-corrected chi connectivity index (χ2v) is 7.62. The third-order valence-electron chi connectivity index (χ3n) is 5.36. The predicted molar refractivity (Wildman–Crippen MR) is 122 cm³/mol. The SMILES string of the molecule is CCNC(=NCC(O)CN1CCc2ccccc2C1)NCCc1ccccc1OC. The molecule has 162 valence electrons. The van der Waals surface area contributed by atoms with E-state index < -0.39 is 6.10 Å². The molecule has 0 bridgehead atoms. The van der Waals surface area contributed by atoms with Crippen molar-refractivity contribution in [2.45, 2.75) is 32.4 Å². The first-order valence-electron chi connectivity index (χ1n) is 10.8. The van der Waals surface area contributed by atoms with Crippen molar-refractivity contribution in [2.75, 3.05) is 39.8 Å². The first-order chi connectivity index (χ1) is 14.7. The fourth-order valence-corrected chi connectivity index (χ4v) is 3.83. The lowest BCUT2D eigenvalue weighted by Crippen LogP contribution is -2.40. The van der Waals surface area contributed by atoms with Crippen LogP contribution in [-0.4, -0.2) is 61.9 Å². The van der Waals surface area contributed by atoms with Gasteiger partial charge in [0.1, 0.15) is 5.75 Å². The molecule has 3 rings (SSSR count). The van der Waals surface area contributed by atoms with Gasteiger partial charge in [-0.3, -0.25) is 9.89 Å². The Kier molecular flexibility index (Phi) is 8.53. The molecule has 1 unspecified atom stereocenters. The topological polar surface area (TPSA) is 69.1 Å². The first-order valence-corrected chi connectivity index (χ1v) is 10.8. The highest BCUT2D eigenvalue weighted by molar-refractivity contribution is 5.79. The number of nitrogens with one attached hydrogen (secondary N) is 2. The van der Waals surface area contributed by atoms with Gasteiger partial charge in [0.05, 0.1) is 19.8 Å². The van der Waals surface area contributed by atoms with Gasteiger partial charge in [-0.1, -0.05) is 42.5 Å². The van der Waals surface area contributed by atoms with Crippen LogP contribution in [-0.2, 0) is 19.4 Å². The molecule has 0 aliphatic carbocycles. The summed E-state index contributed by atoms with van der Waals surface area (Å²) < 4.78 is 5.41. The average Bonchev–Trinajstić information content (AvgIpc) is 2.77. The molecule has 1 atom stereocenters. The number of aliphatic hydroxyl groups excluding tert-OH is 1. The third kappa shape index (κ3) is 6.47. The van der Waals surface area contributed by atoms with Gasteiger partial charge in [0, 0.05) is 32.7 Å². The van der Waals surface area contributed by atoms with Gasteiger partial charge in [-0.25, -0.2) is 0 Å². The van der Waals surface area contributed by atoms with E-state index in [0.717, 1.165) is 56.3 Å². The Morgan fingerprint density at radius 1 is 1.13 bits per heavy atom. The summed E-state index contributed by atoms with van der Waals surface area (Å²) in [6.45, 7) is 6.45. The number of fused-ring (bicyclic) bond motifs is 1. The van der Waals surface area contributed by atoms with Crippen LogP contribution in [0.1, 0.15) is 23.6 Å². The summed E-state index contributed by atoms with van der Waals surface area (Å²) in [5.74, 6) is 1.63. The summed E-state index contributed by atoms with van der Waals surface area (Å²) in [5, 5.41) is 17.1. The van der Waals surface area contributed by atoms with Crippen LogP contribution in [0.15, 0.2) is 53.5 Å². The smallest absolute Gasteiger partial charge is 0.191 e. The Morgan fingerprint density at radius 3 is 2.70 bits per heavy atom. The molecule has 6 nitrogen and oxygen atoms in total. The zero-order chi connectivity index (χ0) is 21.2. The largest absolute Gasteiger partial charge is 0.496 e. The molecular formula is C24H34N4O2. The second-order valence-electron chi connectivity index (χ2n) is 7.62. The summed E-state index contributed by atoms with van der Waals surface area (Å²) in [6.07, 6.45) is 1.39. The minimum absolute atomic E-state index is 0.377. The Balaban J connectivity index is 1.46. The number of benzene rings is 2. The Hall–Kier alpha value is -2.57. The van der Waals surface area contributed by atoms with Crippen molar-refractivity contribution >= 4 is 5.96 Å². The van der Waals surface area contributed by atoms with Crippen LogP contribution in [0.2, 0.25) is 0 Å². The van der Waals surface area contributed by atoms with Crippen LogP contribution in [0.25, 0.3) is 0 Å². The van der Waals surface area contributed by atoms with Gasteiger partial charge in [-0.05, 0) is 42.5 Å². The van der Waals surface area contributed by atoms with Gasteiger partial charge in [-0.15, -0.1) is 0 Å². The second kappa shape index (κ2) is 11.6. The van der Waals surface area contributed by atoms with Crippen molar-refractivity contribution in [3.05, 3.63) is 65.2 Å². The lowest BCUT2D eigenvalue weighted by atomic mass is 10.00. The predicted octanol–water partition coefficient (Wildman–Crippen LogP) is 2.21. The highest BCUT2D eigenvalue weighted by atomic mass is 16.5. The molecular weight excluding hydrogens is 376 g/mol. The number of nitrogens with zero attached hydrogens (tertiary/aromatic N) is 2. The molecule has 0 saturated heterocycles. The molecule has 1 heterocycles. The van der Waals surface area contributed by atoms with E-state index in [0.29, 0.717) is 13.1 Å². The Bertz CT molecular complexity index is 824. The van der Waals surface area contributed by atoms with Crippen molar-refractivity contribution in [1.29, 1.82) is 0 Å². The van der Waals surface area contributed by atoms with Gasteiger partial charge in [-0.2, -0.15) is 0 Å². The van der Waals surface area contributed by atoms with Crippen LogP contribution in [0, 0.1) is 0 Å². The molecule has 2 aromatic carbocycles. The standard InChI is InChI=1S/C24H34N4O2/c1-3-25-24(26-14-12-20-9-6-7-11-23(20)30-2)27-16-22(29)18-28-15-13-19-8-4-5-10-21(19)17-28/h4-11,22,29H,3,12-18H2,1-2H3,(H2,25,26,27). The van der Waals surface area contributed by atoms with Crippen LogP contribution in [0.4, 0.5) is 0 Å². The van der Waals surface area contributed by atoms with E-state index in [-0.39, 0.29) is 0 Å². The molecule has 1 aliphatic heterocycles. The maximum atomic E-state index is 10.5. The van der Waals surface area contributed by atoms with Crippen LogP contribution >= 0.6 is 0 Å². The van der Waals surface area contributed by atoms with E-state index in [4.69, 9.17) is 4.74 Å².